The fourth-order valence-electron chi connectivity index (χ4n) is 2.36. The number of methoxy groups -OCH3 is 1. The lowest BCUT2D eigenvalue weighted by Gasteiger charge is -2.20. The quantitative estimate of drug-likeness (QED) is 0.887. The molecular weight excluding hydrogens is 263 g/mol. The van der Waals surface area contributed by atoms with E-state index in [2.05, 4.69) is 10.1 Å². The molecule has 1 fully saturated rings. The Morgan fingerprint density at radius 3 is 2.95 bits per heavy atom. The highest BCUT2D eigenvalue weighted by molar-refractivity contribution is 5.67. The van der Waals surface area contributed by atoms with Crippen molar-refractivity contribution in [3.8, 4) is 0 Å². The maximum Gasteiger partial charge on any atom is 0.407 e. The Kier molecular flexibility index (Phi) is 4.44. The molecule has 1 unspecified atom stereocenters. The first-order valence-corrected chi connectivity index (χ1v) is 6.58. The number of amides is 1. The molecule has 0 radical (unpaired) electrons. The fourth-order valence-corrected chi connectivity index (χ4v) is 2.36. The first-order chi connectivity index (χ1) is 9.51. The number of alkyl carbamates (subject to hydrolysis) is 1. The van der Waals surface area contributed by atoms with Crippen molar-refractivity contribution in [1.82, 2.24) is 5.32 Å². The van der Waals surface area contributed by atoms with Crippen LogP contribution >= 0.6 is 0 Å². The maximum atomic E-state index is 14.1. The molecule has 0 spiro atoms. The van der Waals surface area contributed by atoms with Crippen molar-refractivity contribution in [2.75, 3.05) is 25.1 Å². The molecule has 6 heteroatoms. The summed E-state index contributed by atoms with van der Waals surface area (Å²) < 4.78 is 18.6. The molecule has 1 heterocycles. The molecule has 0 aromatic heterocycles. The number of carbonyl (C=O) groups excluding carboxylic acids is 1. The molecule has 2 N–H and O–H groups in total. The second-order valence-electron chi connectivity index (χ2n) is 4.95. The lowest BCUT2D eigenvalue weighted by atomic mass is 10.1. The van der Waals surface area contributed by atoms with E-state index in [-0.39, 0.29) is 11.9 Å². The van der Waals surface area contributed by atoms with Gasteiger partial charge in [0.1, 0.15) is 5.82 Å². The minimum Gasteiger partial charge on any atom is -0.453 e. The van der Waals surface area contributed by atoms with Gasteiger partial charge in [0, 0.05) is 13.1 Å². The molecule has 110 valence electrons. The third kappa shape index (κ3) is 3.19. The number of nitrogens with zero attached hydrogens (tertiary/aromatic N) is 1. The SMILES string of the molecule is COC(=O)NC1CCN(c2ccc([C@H](C)O)cc2F)C1. The molecule has 1 saturated heterocycles. The molecule has 1 aliphatic heterocycles. The summed E-state index contributed by atoms with van der Waals surface area (Å²) in [4.78, 5) is 13.0. The summed E-state index contributed by atoms with van der Waals surface area (Å²) >= 11 is 0. The molecule has 5 nitrogen and oxygen atoms in total. The topological polar surface area (TPSA) is 61.8 Å². The van der Waals surface area contributed by atoms with Gasteiger partial charge in [0.15, 0.2) is 0 Å². The van der Waals surface area contributed by atoms with Crippen molar-refractivity contribution in [2.24, 2.45) is 0 Å². The smallest absolute Gasteiger partial charge is 0.407 e. The minimum absolute atomic E-state index is 0.0432. The molecule has 1 aromatic rings. The number of ether oxygens (including phenoxy) is 1. The molecule has 2 rings (SSSR count). The van der Waals surface area contributed by atoms with E-state index >= 15 is 0 Å². The Morgan fingerprint density at radius 1 is 1.60 bits per heavy atom. The van der Waals surface area contributed by atoms with Crippen LogP contribution in [0.4, 0.5) is 14.9 Å². The van der Waals surface area contributed by atoms with Crippen molar-refractivity contribution in [3.05, 3.63) is 29.6 Å². The van der Waals surface area contributed by atoms with Crippen LogP contribution in [0, 0.1) is 5.82 Å². The van der Waals surface area contributed by atoms with Crippen LogP contribution < -0.4 is 10.2 Å². The number of hydrogen-bond donors (Lipinski definition) is 2. The highest BCUT2D eigenvalue weighted by Crippen LogP contribution is 2.26. The van der Waals surface area contributed by atoms with Gasteiger partial charge in [-0.3, -0.25) is 0 Å². The van der Waals surface area contributed by atoms with Gasteiger partial charge in [-0.1, -0.05) is 6.07 Å². The number of benzene rings is 1. The van der Waals surface area contributed by atoms with Crippen molar-refractivity contribution >= 4 is 11.8 Å². The maximum absolute atomic E-state index is 14.1. The summed E-state index contributed by atoms with van der Waals surface area (Å²) in [6.07, 6.45) is -0.417. The van der Waals surface area contributed by atoms with Crippen molar-refractivity contribution in [3.63, 3.8) is 0 Å². The summed E-state index contributed by atoms with van der Waals surface area (Å²) in [5.41, 5.74) is 1.04. The van der Waals surface area contributed by atoms with E-state index in [1.165, 1.54) is 13.2 Å². The molecule has 2 atom stereocenters. The van der Waals surface area contributed by atoms with E-state index in [0.717, 1.165) is 6.42 Å². The zero-order chi connectivity index (χ0) is 14.7. The van der Waals surface area contributed by atoms with E-state index in [4.69, 9.17) is 0 Å². The fraction of sp³-hybridized carbons (Fsp3) is 0.500. The number of aliphatic hydroxyl groups excluding tert-OH is 1. The second kappa shape index (κ2) is 6.09. The van der Waals surface area contributed by atoms with E-state index in [0.29, 0.717) is 24.3 Å². The Morgan fingerprint density at radius 2 is 2.35 bits per heavy atom. The van der Waals surface area contributed by atoms with E-state index in [9.17, 15) is 14.3 Å². The predicted molar refractivity (Wildman–Crippen MR) is 73.2 cm³/mol. The summed E-state index contributed by atoms with van der Waals surface area (Å²) in [7, 11) is 1.32. The second-order valence-corrected chi connectivity index (χ2v) is 4.95. The van der Waals surface area contributed by atoms with Crippen LogP contribution in [0.25, 0.3) is 0 Å². The number of hydrogen-bond acceptors (Lipinski definition) is 4. The van der Waals surface area contributed by atoms with Gasteiger partial charge < -0.3 is 20.1 Å². The highest BCUT2D eigenvalue weighted by atomic mass is 19.1. The largest absolute Gasteiger partial charge is 0.453 e. The van der Waals surface area contributed by atoms with Crippen LogP contribution in [-0.4, -0.2) is 37.4 Å². The molecule has 0 bridgehead atoms. The predicted octanol–water partition coefficient (Wildman–Crippen LogP) is 1.81. The number of halogens is 1. The summed E-state index contributed by atoms with van der Waals surface area (Å²) in [6, 6.07) is 4.68. The van der Waals surface area contributed by atoms with Gasteiger partial charge >= 0.3 is 6.09 Å². The number of carbonyl (C=O) groups is 1. The summed E-state index contributed by atoms with van der Waals surface area (Å²) in [6.45, 7) is 2.81. The average Bonchev–Trinajstić information content (AvgIpc) is 2.86. The zero-order valence-corrected chi connectivity index (χ0v) is 11.6. The monoisotopic (exact) mass is 282 g/mol. The van der Waals surface area contributed by atoms with Crippen molar-refractivity contribution in [2.45, 2.75) is 25.5 Å². The summed E-state index contributed by atoms with van der Waals surface area (Å²) in [5, 5.41) is 12.1. The number of aliphatic hydroxyl groups is 1. The standard InChI is InChI=1S/C14H19FN2O3/c1-9(18)10-3-4-13(12(15)7-10)17-6-5-11(8-17)16-14(19)20-2/h3-4,7,9,11,18H,5-6,8H2,1-2H3,(H,16,19)/t9-,11?/m0/s1. The van der Waals surface area contributed by atoms with Gasteiger partial charge in [-0.2, -0.15) is 0 Å². The number of nitrogens with one attached hydrogen (secondary N) is 1. The van der Waals surface area contributed by atoms with Gasteiger partial charge in [-0.25, -0.2) is 9.18 Å². The van der Waals surface area contributed by atoms with Crippen molar-refractivity contribution < 1.29 is 19.0 Å². The van der Waals surface area contributed by atoms with Gasteiger partial charge in [0.05, 0.1) is 24.9 Å². The molecular formula is C14H19FN2O3. The normalized spacial score (nSPS) is 19.8. The zero-order valence-electron chi connectivity index (χ0n) is 11.6. The molecule has 20 heavy (non-hydrogen) atoms. The van der Waals surface area contributed by atoms with Crippen LogP contribution in [0.5, 0.6) is 0 Å². The van der Waals surface area contributed by atoms with E-state index < -0.39 is 12.2 Å². The average molecular weight is 282 g/mol. The molecule has 1 amide bonds. The van der Waals surface area contributed by atoms with Crippen LogP contribution in [-0.2, 0) is 4.74 Å². The molecule has 0 aliphatic carbocycles. The minimum atomic E-state index is -0.689. The summed E-state index contributed by atoms with van der Waals surface area (Å²) in [5.74, 6) is -0.359. The lowest BCUT2D eigenvalue weighted by Crippen LogP contribution is -2.37. The number of rotatable bonds is 3. The highest BCUT2D eigenvalue weighted by Gasteiger charge is 2.26. The Bertz CT molecular complexity index is 493. The lowest BCUT2D eigenvalue weighted by molar-refractivity contribution is 0.167. The Labute approximate surface area is 117 Å². The van der Waals surface area contributed by atoms with Gasteiger partial charge in [0.25, 0.3) is 0 Å². The first kappa shape index (κ1) is 14.6. The van der Waals surface area contributed by atoms with E-state index in [1.54, 1.807) is 19.1 Å². The van der Waals surface area contributed by atoms with Crippen LogP contribution in [0.3, 0.4) is 0 Å². The van der Waals surface area contributed by atoms with E-state index in [1.807, 2.05) is 4.90 Å². The molecule has 0 saturated carbocycles. The van der Waals surface area contributed by atoms with Gasteiger partial charge in [-0.05, 0) is 31.0 Å². The Hall–Kier alpha value is -1.82. The third-order valence-electron chi connectivity index (χ3n) is 3.49. The van der Waals surface area contributed by atoms with Crippen LogP contribution in [0.2, 0.25) is 0 Å². The van der Waals surface area contributed by atoms with Crippen molar-refractivity contribution in [1.29, 1.82) is 0 Å². The Balaban J connectivity index is 2.04. The third-order valence-corrected chi connectivity index (χ3v) is 3.49. The van der Waals surface area contributed by atoms with Crippen LogP contribution in [0.15, 0.2) is 18.2 Å². The van der Waals surface area contributed by atoms with Crippen LogP contribution in [0.1, 0.15) is 25.0 Å². The van der Waals surface area contributed by atoms with Gasteiger partial charge in [-0.15, -0.1) is 0 Å². The first-order valence-electron chi connectivity index (χ1n) is 6.58. The van der Waals surface area contributed by atoms with Gasteiger partial charge in [0.2, 0.25) is 0 Å². The molecule has 1 aromatic carbocycles. The molecule has 1 aliphatic rings. The number of anilines is 1.